The average Bonchev–Trinajstić information content (AvgIpc) is 2.86. The van der Waals surface area contributed by atoms with Crippen molar-refractivity contribution in [1.29, 1.82) is 0 Å². The number of nitrogens with one attached hydrogen (secondary N) is 2. The van der Waals surface area contributed by atoms with E-state index in [2.05, 4.69) is 10.6 Å². The van der Waals surface area contributed by atoms with Crippen LogP contribution >= 0.6 is 11.6 Å². The normalized spacial score (nSPS) is 21.4. The molecule has 3 atom stereocenters. The van der Waals surface area contributed by atoms with Crippen LogP contribution in [0.4, 0.5) is 5.69 Å². The molecule has 3 amide bonds. The molecular weight excluding hydrogens is 482 g/mol. The number of nitrogens with zero attached hydrogens (tertiary/aromatic N) is 1. The molecule has 0 radical (unpaired) electrons. The van der Waals surface area contributed by atoms with Gasteiger partial charge >= 0.3 is 0 Å². The molecule has 4 rings (SSSR count). The van der Waals surface area contributed by atoms with Crippen molar-refractivity contribution in [3.8, 4) is 5.75 Å². The molecule has 2 aromatic rings. The third-order valence-corrected chi connectivity index (χ3v) is 6.99. The molecule has 0 unspecified atom stereocenters. The number of hydrogen-bond acceptors (Lipinski definition) is 5. The Morgan fingerprint density at radius 1 is 1.14 bits per heavy atom. The van der Waals surface area contributed by atoms with E-state index in [-0.39, 0.29) is 49.0 Å². The van der Waals surface area contributed by atoms with E-state index in [0.717, 1.165) is 12.0 Å². The van der Waals surface area contributed by atoms with Crippen LogP contribution in [0.5, 0.6) is 5.75 Å². The van der Waals surface area contributed by atoms with Crippen LogP contribution in [0.3, 0.4) is 0 Å². The van der Waals surface area contributed by atoms with Crippen LogP contribution in [-0.4, -0.2) is 54.5 Å². The summed E-state index contributed by atoms with van der Waals surface area (Å²) in [7, 11) is 1.76. The lowest BCUT2D eigenvalue weighted by Crippen LogP contribution is -2.53. The van der Waals surface area contributed by atoms with Gasteiger partial charge in [0.25, 0.3) is 5.91 Å². The van der Waals surface area contributed by atoms with Crippen molar-refractivity contribution >= 4 is 35.0 Å². The Balaban J connectivity index is 1.38. The minimum Gasteiger partial charge on any atom is -0.490 e. The molecule has 0 bridgehead atoms. The van der Waals surface area contributed by atoms with E-state index in [9.17, 15) is 14.4 Å². The van der Waals surface area contributed by atoms with Gasteiger partial charge in [0.05, 0.1) is 24.1 Å². The third-order valence-electron chi connectivity index (χ3n) is 6.62. The maximum Gasteiger partial charge on any atom is 0.257 e. The van der Waals surface area contributed by atoms with Crippen molar-refractivity contribution in [2.45, 2.75) is 63.8 Å². The molecule has 2 aliphatic heterocycles. The molecular formula is C27H32ClN3O5. The van der Waals surface area contributed by atoms with Gasteiger partial charge in [-0.1, -0.05) is 36.7 Å². The lowest BCUT2D eigenvalue weighted by molar-refractivity contribution is -0.134. The Bertz CT molecular complexity index is 1120. The van der Waals surface area contributed by atoms with E-state index in [1.807, 2.05) is 25.1 Å². The second-order valence-corrected chi connectivity index (χ2v) is 9.66. The van der Waals surface area contributed by atoms with Crippen LogP contribution in [0.1, 0.15) is 54.9 Å². The number of anilines is 1. The molecule has 1 saturated heterocycles. The number of hydrogen-bond donors (Lipinski definition) is 2. The van der Waals surface area contributed by atoms with Crippen molar-refractivity contribution in [1.82, 2.24) is 10.2 Å². The van der Waals surface area contributed by atoms with Crippen LogP contribution in [0, 0.1) is 0 Å². The SMILES string of the molecule is CCCC(=O)Nc1ccc2c(c1)C(=O)N(C)[C@@H]1CC[C@@H](CC(=O)NCc3ccccc3Cl)O[C@@H]1CO2. The van der Waals surface area contributed by atoms with Crippen LogP contribution in [0.15, 0.2) is 42.5 Å². The highest BCUT2D eigenvalue weighted by atomic mass is 35.5. The van der Waals surface area contributed by atoms with Crippen LogP contribution < -0.4 is 15.4 Å². The topological polar surface area (TPSA) is 97.0 Å². The van der Waals surface area contributed by atoms with Gasteiger partial charge in [0.2, 0.25) is 11.8 Å². The highest BCUT2D eigenvalue weighted by Gasteiger charge is 2.39. The number of ether oxygens (including phenoxy) is 2. The zero-order valence-corrected chi connectivity index (χ0v) is 21.3. The first-order chi connectivity index (χ1) is 17.4. The van der Waals surface area contributed by atoms with E-state index in [1.54, 1.807) is 36.2 Å². The number of halogens is 1. The fraction of sp³-hybridized carbons (Fsp3) is 0.444. The Morgan fingerprint density at radius 2 is 1.94 bits per heavy atom. The molecule has 8 nitrogen and oxygen atoms in total. The van der Waals surface area contributed by atoms with Gasteiger partial charge in [-0.05, 0) is 49.1 Å². The molecule has 2 aliphatic rings. The standard InChI is InChI=1S/C27H32ClN3O5/c1-3-6-25(32)30-18-9-12-23-20(13-18)27(34)31(2)22-11-10-19(36-24(22)16-35-23)14-26(33)29-15-17-7-4-5-8-21(17)28/h4-5,7-9,12-13,19,22,24H,3,6,10-11,14-16H2,1-2H3,(H,29,33)(H,30,32)/t19-,22+,24+/m0/s1. The van der Waals surface area contributed by atoms with Gasteiger partial charge in [-0.15, -0.1) is 0 Å². The minimum absolute atomic E-state index is 0.0901. The van der Waals surface area contributed by atoms with Gasteiger partial charge in [0.15, 0.2) is 0 Å². The van der Waals surface area contributed by atoms with Gasteiger partial charge in [-0.2, -0.15) is 0 Å². The molecule has 36 heavy (non-hydrogen) atoms. The van der Waals surface area contributed by atoms with Crippen molar-refractivity contribution in [2.24, 2.45) is 0 Å². The van der Waals surface area contributed by atoms with E-state index < -0.39 is 0 Å². The summed E-state index contributed by atoms with van der Waals surface area (Å²) in [6, 6.07) is 12.3. The number of benzene rings is 2. The van der Waals surface area contributed by atoms with Gasteiger partial charge in [-0.25, -0.2) is 0 Å². The van der Waals surface area contributed by atoms with E-state index in [4.69, 9.17) is 21.1 Å². The Labute approximate surface area is 216 Å². The largest absolute Gasteiger partial charge is 0.490 e. The summed E-state index contributed by atoms with van der Waals surface area (Å²) in [5.41, 5.74) is 1.83. The van der Waals surface area contributed by atoms with Crippen molar-refractivity contribution < 1.29 is 23.9 Å². The number of carbonyl (C=O) groups excluding carboxylic acids is 3. The first-order valence-electron chi connectivity index (χ1n) is 12.3. The quantitative estimate of drug-likeness (QED) is 0.579. The van der Waals surface area contributed by atoms with Gasteiger partial charge in [0.1, 0.15) is 18.5 Å². The van der Waals surface area contributed by atoms with Crippen LogP contribution in [0.25, 0.3) is 0 Å². The van der Waals surface area contributed by atoms with Crippen LogP contribution in [-0.2, 0) is 20.9 Å². The summed E-state index contributed by atoms with van der Waals surface area (Å²) in [6.07, 6.45) is 2.11. The highest BCUT2D eigenvalue weighted by Crippen LogP contribution is 2.32. The number of likely N-dealkylation sites (N-methyl/N-ethyl adjacent to an activating group) is 1. The molecule has 1 fully saturated rings. The molecule has 0 aromatic heterocycles. The molecule has 2 N–H and O–H groups in total. The minimum atomic E-state index is -0.355. The summed E-state index contributed by atoms with van der Waals surface area (Å²) in [4.78, 5) is 39.5. The predicted octanol–water partition coefficient (Wildman–Crippen LogP) is 4.17. The summed E-state index contributed by atoms with van der Waals surface area (Å²) >= 11 is 6.17. The van der Waals surface area contributed by atoms with Crippen LogP contribution in [0.2, 0.25) is 5.02 Å². The fourth-order valence-electron chi connectivity index (χ4n) is 4.67. The third kappa shape index (κ3) is 6.17. The fourth-order valence-corrected chi connectivity index (χ4v) is 4.87. The molecule has 0 saturated carbocycles. The van der Waals surface area contributed by atoms with Crippen molar-refractivity contribution in [3.05, 3.63) is 58.6 Å². The summed E-state index contributed by atoms with van der Waals surface area (Å²) in [5, 5.41) is 6.36. The average molecular weight is 514 g/mol. The molecule has 0 spiro atoms. The van der Waals surface area contributed by atoms with Crippen molar-refractivity contribution in [2.75, 3.05) is 19.0 Å². The van der Waals surface area contributed by atoms with Crippen molar-refractivity contribution in [3.63, 3.8) is 0 Å². The number of amides is 3. The highest BCUT2D eigenvalue weighted by molar-refractivity contribution is 6.31. The van der Waals surface area contributed by atoms with E-state index in [0.29, 0.717) is 47.8 Å². The van der Waals surface area contributed by atoms with E-state index in [1.165, 1.54) is 0 Å². The molecule has 2 heterocycles. The maximum atomic E-state index is 13.3. The lowest BCUT2D eigenvalue weighted by Gasteiger charge is -2.42. The number of rotatable bonds is 7. The molecule has 2 aromatic carbocycles. The second-order valence-electron chi connectivity index (χ2n) is 9.25. The summed E-state index contributed by atoms with van der Waals surface area (Å²) in [6.45, 7) is 2.55. The first-order valence-corrected chi connectivity index (χ1v) is 12.7. The Morgan fingerprint density at radius 3 is 2.72 bits per heavy atom. The Hall–Kier alpha value is -3.10. The zero-order chi connectivity index (χ0) is 25.7. The second kappa shape index (κ2) is 11.8. The smallest absolute Gasteiger partial charge is 0.257 e. The van der Waals surface area contributed by atoms with Gasteiger partial charge < -0.3 is 25.0 Å². The molecule has 0 aliphatic carbocycles. The number of carbonyl (C=O) groups is 3. The summed E-state index contributed by atoms with van der Waals surface area (Å²) < 4.78 is 12.2. The first kappa shape index (κ1) is 26.0. The molecule has 192 valence electrons. The monoisotopic (exact) mass is 513 g/mol. The predicted molar refractivity (Wildman–Crippen MR) is 137 cm³/mol. The van der Waals surface area contributed by atoms with E-state index >= 15 is 0 Å². The molecule has 9 heteroatoms. The lowest BCUT2D eigenvalue weighted by atomic mass is 9.94. The van der Waals surface area contributed by atoms with Gasteiger partial charge in [-0.3, -0.25) is 14.4 Å². The number of fused-ring (bicyclic) bond motifs is 2. The summed E-state index contributed by atoms with van der Waals surface area (Å²) in [5.74, 6) is 0.0538. The van der Waals surface area contributed by atoms with Gasteiger partial charge in [0, 0.05) is 30.7 Å². The zero-order valence-electron chi connectivity index (χ0n) is 20.6. The maximum absolute atomic E-state index is 13.3. The Kier molecular flexibility index (Phi) is 8.48.